The molecule has 8 heteroatoms. The molecule has 3 rings (SSSR count). The molecule has 0 atom stereocenters. The van der Waals surface area contributed by atoms with Crippen molar-refractivity contribution in [3.63, 3.8) is 0 Å². The first kappa shape index (κ1) is 18.1. The number of hydrogen-bond donors (Lipinski definition) is 2. The molecule has 0 radical (unpaired) electrons. The summed E-state index contributed by atoms with van der Waals surface area (Å²) >= 11 is 0. The lowest BCUT2D eigenvalue weighted by atomic mass is 10.1. The number of benzene rings is 2. The van der Waals surface area contributed by atoms with Gasteiger partial charge in [-0.1, -0.05) is 18.2 Å². The smallest absolute Gasteiger partial charge is 0.292 e. The number of aryl methyl sites for hydroxylation is 1. The van der Waals surface area contributed by atoms with E-state index in [0.29, 0.717) is 17.9 Å². The van der Waals surface area contributed by atoms with E-state index < -0.39 is 4.92 Å². The molecule has 0 aliphatic rings. The second kappa shape index (κ2) is 8.13. The second-order valence-corrected chi connectivity index (χ2v) is 6.08. The first-order chi connectivity index (χ1) is 13.0. The number of aromatic nitrogens is 2. The quantitative estimate of drug-likeness (QED) is 0.494. The molecule has 0 unspecified atom stereocenters. The van der Waals surface area contributed by atoms with Crippen LogP contribution in [0.3, 0.4) is 0 Å². The Morgan fingerprint density at radius 1 is 1.22 bits per heavy atom. The molecule has 0 bridgehead atoms. The van der Waals surface area contributed by atoms with Crippen molar-refractivity contribution in [3.8, 4) is 0 Å². The van der Waals surface area contributed by atoms with Gasteiger partial charge >= 0.3 is 0 Å². The van der Waals surface area contributed by atoms with Gasteiger partial charge < -0.3 is 10.6 Å². The van der Waals surface area contributed by atoms with Crippen molar-refractivity contribution in [2.24, 2.45) is 0 Å². The van der Waals surface area contributed by atoms with Gasteiger partial charge in [0.15, 0.2) is 0 Å². The van der Waals surface area contributed by atoms with Gasteiger partial charge in [0, 0.05) is 30.7 Å². The number of nitro benzene ring substituents is 1. The maximum absolute atomic E-state index is 12.1. The Morgan fingerprint density at radius 3 is 2.81 bits per heavy atom. The highest BCUT2D eigenvalue weighted by Crippen LogP contribution is 2.26. The SMILES string of the molecule is Cc1ccc(NCc2cccc(NC(=O)Cn3cccn3)c2)c([N+](=O)[O-])c1. The van der Waals surface area contributed by atoms with E-state index in [1.54, 1.807) is 30.6 Å². The first-order valence-corrected chi connectivity index (χ1v) is 8.36. The molecule has 1 amide bonds. The predicted octanol–water partition coefficient (Wildman–Crippen LogP) is 3.35. The van der Waals surface area contributed by atoms with Crippen molar-refractivity contribution < 1.29 is 9.72 Å². The Kier molecular flexibility index (Phi) is 5.46. The van der Waals surface area contributed by atoms with Crippen LogP contribution in [0.25, 0.3) is 0 Å². The molecule has 0 spiro atoms. The van der Waals surface area contributed by atoms with Crippen LogP contribution in [0.1, 0.15) is 11.1 Å². The van der Waals surface area contributed by atoms with Crippen molar-refractivity contribution in [2.75, 3.05) is 10.6 Å². The van der Waals surface area contributed by atoms with Gasteiger partial charge in [-0.3, -0.25) is 19.6 Å². The van der Waals surface area contributed by atoms with Crippen LogP contribution < -0.4 is 10.6 Å². The molecule has 0 saturated carbocycles. The molecular formula is C19H19N5O3. The minimum atomic E-state index is -0.402. The zero-order valence-corrected chi connectivity index (χ0v) is 14.8. The standard InChI is InChI=1S/C19H19N5O3/c1-14-6-7-17(18(10-14)24(26)27)20-12-15-4-2-5-16(11-15)22-19(25)13-23-9-3-8-21-23/h2-11,20H,12-13H2,1H3,(H,22,25). The summed E-state index contributed by atoms with van der Waals surface area (Å²) in [7, 11) is 0. The molecule has 0 saturated heterocycles. The van der Waals surface area contributed by atoms with Crippen molar-refractivity contribution in [1.82, 2.24) is 9.78 Å². The Balaban J connectivity index is 1.64. The molecule has 0 fully saturated rings. The van der Waals surface area contributed by atoms with Crippen LogP contribution in [0.5, 0.6) is 0 Å². The summed E-state index contributed by atoms with van der Waals surface area (Å²) < 4.78 is 1.54. The Labute approximate surface area is 156 Å². The fourth-order valence-corrected chi connectivity index (χ4v) is 2.64. The largest absolute Gasteiger partial charge is 0.375 e. The summed E-state index contributed by atoms with van der Waals surface area (Å²) in [5.74, 6) is -0.182. The molecule has 27 heavy (non-hydrogen) atoms. The van der Waals surface area contributed by atoms with E-state index in [-0.39, 0.29) is 18.1 Å². The lowest BCUT2D eigenvalue weighted by Gasteiger charge is -2.10. The third kappa shape index (κ3) is 4.91. The maximum Gasteiger partial charge on any atom is 0.292 e. The summed E-state index contributed by atoms with van der Waals surface area (Å²) in [6.45, 7) is 2.34. The number of nitrogens with zero attached hydrogens (tertiary/aromatic N) is 3. The van der Waals surface area contributed by atoms with Gasteiger partial charge in [0.05, 0.1) is 4.92 Å². The molecule has 2 aromatic carbocycles. The number of anilines is 2. The van der Waals surface area contributed by atoms with Crippen molar-refractivity contribution in [3.05, 3.63) is 82.2 Å². The number of hydrogen-bond acceptors (Lipinski definition) is 5. The summed E-state index contributed by atoms with van der Waals surface area (Å²) in [6.07, 6.45) is 3.33. The van der Waals surface area contributed by atoms with Gasteiger partial charge in [0.1, 0.15) is 12.2 Å². The van der Waals surface area contributed by atoms with Gasteiger partial charge in [-0.2, -0.15) is 5.10 Å². The molecule has 8 nitrogen and oxygen atoms in total. The van der Waals surface area contributed by atoms with Gasteiger partial charge in [0.2, 0.25) is 5.91 Å². The monoisotopic (exact) mass is 365 g/mol. The lowest BCUT2D eigenvalue weighted by Crippen LogP contribution is -2.19. The molecule has 2 N–H and O–H groups in total. The lowest BCUT2D eigenvalue weighted by molar-refractivity contribution is -0.384. The molecule has 3 aromatic rings. The number of nitrogens with one attached hydrogen (secondary N) is 2. The third-order valence-electron chi connectivity index (χ3n) is 3.91. The Hall–Kier alpha value is -3.68. The number of nitro groups is 1. The van der Waals surface area contributed by atoms with E-state index in [0.717, 1.165) is 11.1 Å². The average molecular weight is 365 g/mol. The molecular weight excluding hydrogens is 346 g/mol. The van der Waals surface area contributed by atoms with Crippen molar-refractivity contribution in [1.29, 1.82) is 0 Å². The summed E-state index contributed by atoms with van der Waals surface area (Å²) in [4.78, 5) is 22.9. The van der Waals surface area contributed by atoms with Crippen LogP contribution in [0.2, 0.25) is 0 Å². The maximum atomic E-state index is 12.1. The number of carbonyl (C=O) groups excluding carboxylic acids is 1. The molecule has 0 aliphatic heterocycles. The molecule has 1 aromatic heterocycles. The zero-order valence-electron chi connectivity index (χ0n) is 14.8. The van der Waals surface area contributed by atoms with E-state index in [1.165, 1.54) is 10.7 Å². The Morgan fingerprint density at radius 2 is 2.07 bits per heavy atom. The van der Waals surface area contributed by atoms with Crippen LogP contribution in [0, 0.1) is 17.0 Å². The Bertz CT molecular complexity index is 954. The van der Waals surface area contributed by atoms with E-state index >= 15 is 0 Å². The highest BCUT2D eigenvalue weighted by molar-refractivity contribution is 5.90. The van der Waals surface area contributed by atoms with E-state index in [1.807, 2.05) is 31.2 Å². The summed E-state index contributed by atoms with van der Waals surface area (Å²) in [5, 5.41) is 21.1. The average Bonchev–Trinajstić information content (AvgIpc) is 3.13. The van der Waals surface area contributed by atoms with Crippen molar-refractivity contribution in [2.45, 2.75) is 20.0 Å². The van der Waals surface area contributed by atoms with Crippen LogP contribution in [0.15, 0.2) is 60.9 Å². The van der Waals surface area contributed by atoms with Crippen LogP contribution >= 0.6 is 0 Å². The van der Waals surface area contributed by atoms with Crippen LogP contribution in [-0.2, 0) is 17.9 Å². The topological polar surface area (TPSA) is 102 Å². The van der Waals surface area contributed by atoms with Gasteiger partial charge in [-0.15, -0.1) is 0 Å². The highest BCUT2D eigenvalue weighted by Gasteiger charge is 2.13. The van der Waals surface area contributed by atoms with Crippen LogP contribution in [0.4, 0.5) is 17.1 Å². The van der Waals surface area contributed by atoms with E-state index in [4.69, 9.17) is 0 Å². The van der Waals surface area contributed by atoms with Crippen molar-refractivity contribution >= 4 is 23.0 Å². The van der Waals surface area contributed by atoms with Gasteiger partial charge in [-0.25, -0.2) is 0 Å². The third-order valence-corrected chi connectivity index (χ3v) is 3.91. The normalized spacial score (nSPS) is 10.4. The minimum absolute atomic E-state index is 0.0404. The van der Waals surface area contributed by atoms with Gasteiger partial charge in [-0.05, 0) is 42.3 Å². The molecule has 0 aliphatic carbocycles. The van der Waals surface area contributed by atoms with E-state index in [9.17, 15) is 14.9 Å². The number of amides is 1. The summed E-state index contributed by atoms with van der Waals surface area (Å²) in [6, 6.07) is 14.1. The highest BCUT2D eigenvalue weighted by atomic mass is 16.6. The van der Waals surface area contributed by atoms with E-state index in [2.05, 4.69) is 15.7 Å². The summed E-state index contributed by atoms with van der Waals surface area (Å²) in [5.41, 5.74) is 2.87. The van der Waals surface area contributed by atoms with Crippen LogP contribution in [-0.4, -0.2) is 20.6 Å². The number of rotatable bonds is 7. The number of carbonyl (C=O) groups is 1. The molecule has 1 heterocycles. The van der Waals surface area contributed by atoms with Gasteiger partial charge in [0.25, 0.3) is 5.69 Å². The fourth-order valence-electron chi connectivity index (χ4n) is 2.64. The molecule has 138 valence electrons. The fraction of sp³-hybridized carbons (Fsp3) is 0.158. The zero-order chi connectivity index (χ0) is 19.2. The minimum Gasteiger partial charge on any atom is -0.375 e. The second-order valence-electron chi connectivity index (χ2n) is 6.08. The predicted molar refractivity (Wildman–Crippen MR) is 102 cm³/mol. The first-order valence-electron chi connectivity index (χ1n) is 8.36.